The maximum Gasteiger partial charge on any atom is 0.133 e. The van der Waals surface area contributed by atoms with E-state index in [1.54, 1.807) is 0 Å². The minimum absolute atomic E-state index is 0.610. The largest absolute Gasteiger partial charge is 0.313 e. The first-order chi connectivity index (χ1) is 9.86. The van der Waals surface area contributed by atoms with Crippen LogP contribution < -0.4 is 5.32 Å². The number of hydrogen-bond donors (Lipinski definition) is 1. The molecule has 3 nitrogen and oxygen atoms in total. The highest BCUT2D eigenvalue weighted by atomic mass is 16.1. The first-order valence-electron chi connectivity index (χ1n) is 7.81. The number of likely N-dealkylation sites (tertiary alicyclic amines) is 1. The summed E-state index contributed by atoms with van der Waals surface area (Å²) < 4.78 is 0. The summed E-state index contributed by atoms with van der Waals surface area (Å²) in [4.78, 5) is 12.8. The summed E-state index contributed by atoms with van der Waals surface area (Å²) in [7, 11) is 0. The lowest BCUT2D eigenvalue weighted by atomic mass is 9.97. The van der Waals surface area contributed by atoms with Gasteiger partial charge in [-0.25, -0.2) is 0 Å². The van der Waals surface area contributed by atoms with Crippen molar-refractivity contribution in [1.29, 1.82) is 0 Å². The Labute approximate surface area is 121 Å². The molecule has 1 N–H and O–H groups in total. The van der Waals surface area contributed by atoms with E-state index in [1.165, 1.54) is 24.8 Å². The van der Waals surface area contributed by atoms with Crippen molar-refractivity contribution in [3.05, 3.63) is 35.9 Å². The summed E-state index contributed by atoms with van der Waals surface area (Å²) in [6, 6.07) is 11.5. The number of aldehydes is 1. The molecule has 1 saturated carbocycles. The van der Waals surface area contributed by atoms with Crippen molar-refractivity contribution >= 4 is 6.29 Å². The summed E-state index contributed by atoms with van der Waals surface area (Å²) in [5.41, 5.74) is 1.48. The van der Waals surface area contributed by atoms with E-state index >= 15 is 0 Å². The Morgan fingerprint density at radius 3 is 2.65 bits per heavy atom. The summed E-state index contributed by atoms with van der Waals surface area (Å²) in [5, 5.41) is 3.73. The van der Waals surface area contributed by atoms with Crippen molar-refractivity contribution in [2.75, 3.05) is 26.2 Å². The highest BCUT2D eigenvalue weighted by Gasteiger charge is 2.38. The van der Waals surface area contributed by atoms with Crippen molar-refractivity contribution in [1.82, 2.24) is 10.2 Å². The SMILES string of the molecule is O=CCN1CCC(CNC2CC2c2ccccc2)CC1. The van der Waals surface area contributed by atoms with Crippen molar-refractivity contribution in [3.63, 3.8) is 0 Å². The molecule has 0 spiro atoms. The second-order valence-corrected chi connectivity index (χ2v) is 6.18. The Kier molecular flexibility index (Phi) is 4.48. The van der Waals surface area contributed by atoms with Gasteiger partial charge in [0.1, 0.15) is 6.29 Å². The van der Waals surface area contributed by atoms with Crippen LogP contribution in [0.1, 0.15) is 30.7 Å². The lowest BCUT2D eigenvalue weighted by molar-refractivity contribution is -0.109. The van der Waals surface area contributed by atoms with E-state index in [2.05, 4.69) is 40.5 Å². The van der Waals surface area contributed by atoms with Gasteiger partial charge in [0.2, 0.25) is 0 Å². The molecule has 2 aliphatic rings. The van der Waals surface area contributed by atoms with Crippen LogP contribution in [0.4, 0.5) is 0 Å². The molecule has 1 aromatic rings. The molecule has 1 saturated heterocycles. The normalized spacial score (nSPS) is 27.4. The average Bonchev–Trinajstić information content (AvgIpc) is 3.27. The van der Waals surface area contributed by atoms with Crippen LogP contribution in [0.2, 0.25) is 0 Å². The predicted molar refractivity (Wildman–Crippen MR) is 80.8 cm³/mol. The van der Waals surface area contributed by atoms with Gasteiger partial charge in [-0.1, -0.05) is 30.3 Å². The van der Waals surface area contributed by atoms with Crippen LogP contribution in [0.25, 0.3) is 0 Å². The number of benzene rings is 1. The fraction of sp³-hybridized carbons (Fsp3) is 0.588. The van der Waals surface area contributed by atoms with E-state index in [0.29, 0.717) is 12.6 Å². The molecule has 2 atom stereocenters. The molecule has 3 rings (SSSR count). The third-order valence-electron chi connectivity index (χ3n) is 4.73. The molecule has 3 heteroatoms. The number of carbonyl (C=O) groups is 1. The van der Waals surface area contributed by atoms with Crippen LogP contribution in [-0.4, -0.2) is 43.4 Å². The predicted octanol–water partition coefficient (Wildman–Crippen LogP) is 2.04. The summed E-state index contributed by atoms with van der Waals surface area (Å²) in [5.74, 6) is 1.52. The smallest absolute Gasteiger partial charge is 0.133 e. The van der Waals surface area contributed by atoms with E-state index in [9.17, 15) is 4.79 Å². The summed E-state index contributed by atoms with van der Waals surface area (Å²) >= 11 is 0. The van der Waals surface area contributed by atoms with Crippen molar-refractivity contribution in [2.45, 2.75) is 31.2 Å². The second kappa shape index (κ2) is 6.51. The fourth-order valence-corrected chi connectivity index (χ4v) is 3.29. The van der Waals surface area contributed by atoms with Gasteiger partial charge in [-0.05, 0) is 50.4 Å². The zero-order chi connectivity index (χ0) is 13.8. The molecule has 2 fully saturated rings. The van der Waals surface area contributed by atoms with Gasteiger partial charge in [0.05, 0.1) is 6.54 Å². The van der Waals surface area contributed by atoms with E-state index in [4.69, 9.17) is 0 Å². The van der Waals surface area contributed by atoms with Crippen LogP contribution in [0.3, 0.4) is 0 Å². The number of nitrogens with zero attached hydrogens (tertiary/aromatic N) is 1. The molecule has 20 heavy (non-hydrogen) atoms. The minimum atomic E-state index is 0.610. The number of rotatable bonds is 6. The number of piperidine rings is 1. The first kappa shape index (κ1) is 13.8. The second-order valence-electron chi connectivity index (χ2n) is 6.18. The minimum Gasteiger partial charge on any atom is -0.313 e. The zero-order valence-corrected chi connectivity index (χ0v) is 12.0. The Balaban J connectivity index is 1.37. The van der Waals surface area contributed by atoms with Gasteiger partial charge in [0, 0.05) is 12.0 Å². The molecule has 0 bridgehead atoms. The van der Waals surface area contributed by atoms with Gasteiger partial charge < -0.3 is 10.1 Å². The highest BCUT2D eigenvalue weighted by molar-refractivity contribution is 5.51. The van der Waals surface area contributed by atoms with Crippen LogP contribution in [0.5, 0.6) is 0 Å². The Morgan fingerprint density at radius 2 is 1.95 bits per heavy atom. The van der Waals surface area contributed by atoms with Crippen molar-refractivity contribution in [3.8, 4) is 0 Å². The molecule has 0 aromatic heterocycles. The summed E-state index contributed by atoms with van der Waals surface area (Å²) in [6.45, 7) is 3.91. The zero-order valence-electron chi connectivity index (χ0n) is 12.0. The van der Waals surface area contributed by atoms with Gasteiger partial charge in [-0.3, -0.25) is 4.90 Å². The number of carbonyl (C=O) groups excluding carboxylic acids is 1. The maximum absolute atomic E-state index is 10.5. The molecule has 1 aliphatic heterocycles. The number of nitrogens with one attached hydrogen (secondary N) is 1. The molecule has 0 radical (unpaired) electrons. The van der Waals surface area contributed by atoms with Gasteiger partial charge in [0.15, 0.2) is 0 Å². The van der Waals surface area contributed by atoms with Crippen LogP contribution >= 0.6 is 0 Å². The van der Waals surface area contributed by atoms with Gasteiger partial charge in [-0.2, -0.15) is 0 Å². The molecule has 1 aliphatic carbocycles. The van der Waals surface area contributed by atoms with Crippen molar-refractivity contribution in [2.24, 2.45) is 5.92 Å². The molecular weight excluding hydrogens is 248 g/mol. The average molecular weight is 272 g/mol. The van der Waals surface area contributed by atoms with Gasteiger partial charge in [0.25, 0.3) is 0 Å². The number of hydrogen-bond acceptors (Lipinski definition) is 3. The van der Waals surface area contributed by atoms with Gasteiger partial charge in [-0.15, -0.1) is 0 Å². The van der Waals surface area contributed by atoms with E-state index in [-0.39, 0.29) is 0 Å². The lowest BCUT2D eigenvalue weighted by Crippen LogP contribution is -2.38. The van der Waals surface area contributed by atoms with Gasteiger partial charge >= 0.3 is 0 Å². The molecular formula is C17H24N2O. The van der Waals surface area contributed by atoms with E-state index in [0.717, 1.165) is 37.8 Å². The lowest BCUT2D eigenvalue weighted by Gasteiger charge is -2.30. The summed E-state index contributed by atoms with van der Waals surface area (Å²) in [6.07, 6.45) is 4.76. The Hall–Kier alpha value is -1.19. The molecule has 1 heterocycles. The maximum atomic E-state index is 10.5. The Morgan fingerprint density at radius 1 is 1.20 bits per heavy atom. The molecule has 1 aromatic carbocycles. The van der Waals surface area contributed by atoms with Crippen LogP contribution in [0, 0.1) is 5.92 Å². The van der Waals surface area contributed by atoms with Crippen LogP contribution in [0.15, 0.2) is 30.3 Å². The van der Waals surface area contributed by atoms with Crippen LogP contribution in [-0.2, 0) is 4.79 Å². The third kappa shape index (κ3) is 3.47. The standard InChI is InChI=1S/C17H24N2O/c20-11-10-19-8-6-14(7-9-19)13-18-17-12-16(17)15-4-2-1-3-5-15/h1-5,11,14,16-18H,6-10,12-13H2. The monoisotopic (exact) mass is 272 g/mol. The van der Waals surface area contributed by atoms with E-state index in [1.807, 2.05) is 0 Å². The Bertz CT molecular complexity index is 426. The highest BCUT2D eigenvalue weighted by Crippen LogP contribution is 2.40. The quantitative estimate of drug-likeness (QED) is 0.804. The first-order valence-corrected chi connectivity index (χ1v) is 7.81. The third-order valence-corrected chi connectivity index (χ3v) is 4.73. The van der Waals surface area contributed by atoms with Crippen molar-refractivity contribution < 1.29 is 4.79 Å². The fourth-order valence-electron chi connectivity index (χ4n) is 3.29. The molecule has 2 unspecified atom stereocenters. The molecule has 0 amide bonds. The van der Waals surface area contributed by atoms with E-state index < -0.39 is 0 Å². The molecule has 108 valence electrons. The topological polar surface area (TPSA) is 32.3 Å².